The van der Waals surface area contributed by atoms with E-state index in [0.29, 0.717) is 12.1 Å². The minimum absolute atomic E-state index is 0.0718. The van der Waals surface area contributed by atoms with Gasteiger partial charge in [0.1, 0.15) is 17.3 Å². The van der Waals surface area contributed by atoms with Gasteiger partial charge in [0, 0.05) is 44.0 Å². The number of anilines is 1. The minimum atomic E-state index is -0.361. The summed E-state index contributed by atoms with van der Waals surface area (Å²) in [4.78, 5) is 17.2. The molecule has 0 bridgehead atoms. The van der Waals surface area contributed by atoms with Crippen LogP contribution in [0.4, 0.5) is 10.1 Å². The van der Waals surface area contributed by atoms with Crippen LogP contribution in [0.15, 0.2) is 71.3 Å². The zero-order chi connectivity index (χ0) is 21.6. The number of carbonyl (C=O) groups excluding carboxylic acids is 1. The maximum absolute atomic E-state index is 13.1. The first-order chi connectivity index (χ1) is 15.1. The van der Waals surface area contributed by atoms with E-state index in [1.165, 1.54) is 30.0 Å². The van der Waals surface area contributed by atoms with E-state index >= 15 is 0 Å². The molecule has 6 nitrogen and oxygen atoms in total. The van der Waals surface area contributed by atoms with Crippen LogP contribution in [0, 0.1) is 5.82 Å². The third-order valence-corrected chi connectivity index (χ3v) is 5.63. The number of amides is 1. The third-order valence-electron chi connectivity index (χ3n) is 5.63. The molecule has 3 aromatic rings. The average Bonchev–Trinajstić information content (AvgIpc) is 3.35. The summed E-state index contributed by atoms with van der Waals surface area (Å²) >= 11 is 0. The van der Waals surface area contributed by atoms with Crippen molar-refractivity contribution in [2.24, 2.45) is 0 Å². The zero-order valence-electron chi connectivity index (χ0n) is 17.5. The number of carbonyl (C=O) groups is 1. The Kier molecular flexibility index (Phi) is 6.52. The Balaban J connectivity index is 1.39. The van der Waals surface area contributed by atoms with Crippen molar-refractivity contribution in [1.82, 2.24) is 10.2 Å². The maximum Gasteiger partial charge on any atom is 0.251 e. The predicted octanol–water partition coefficient (Wildman–Crippen LogP) is 3.72. The standard InChI is InChI=1S/C24H26FN3O3/c1-30-21-10-8-20(9-11-21)27-12-14-28(15-13-27)22(23-3-2-16-31-23)17-26-24(29)18-4-6-19(25)7-5-18/h2-11,16,22H,12-15,17H2,1H3,(H,26,29). The van der Waals surface area contributed by atoms with Crippen LogP contribution >= 0.6 is 0 Å². The first kappa shape index (κ1) is 20.9. The van der Waals surface area contributed by atoms with E-state index in [1.807, 2.05) is 24.3 Å². The number of furan rings is 1. The summed E-state index contributed by atoms with van der Waals surface area (Å²) in [6.07, 6.45) is 1.65. The van der Waals surface area contributed by atoms with Crippen LogP contribution in [0.5, 0.6) is 5.75 Å². The molecule has 1 aromatic heterocycles. The van der Waals surface area contributed by atoms with Crippen LogP contribution < -0.4 is 15.0 Å². The minimum Gasteiger partial charge on any atom is -0.497 e. The second-order valence-electron chi connectivity index (χ2n) is 7.47. The van der Waals surface area contributed by atoms with Gasteiger partial charge in [0.2, 0.25) is 0 Å². The number of rotatable bonds is 7. The highest BCUT2D eigenvalue weighted by atomic mass is 19.1. The van der Waals surface area contributed by atoms with Gasteiger partial charge in [0.25, 0.3) is 5.91 Å². The lowest BCUT2D eigenvalue weighted by atomic mass is 10.1. The first-order valence-electron chi connectivity index (χ1n) is 10.3. The maximum atomic E-state index is 13.1. The topological polar surface area (TPSA) is 58.0 Å². The Hall–Kier alpha value is -3.32. The van der Waals surface area contributed by atoms with Crippen LogP contribution in [0.25, 0.3) is 0 Å². The lowest BCUT2D eigenvalue weighted by molar-refractivity contribution is 0.0923. The SMILES string of the molecule is COc1ccc(N2CCN(C(CNC(=O)c3ccc(F)cc3)c3ccco3)CC2)cc1. The quantitative estimate of drug-likeness (QED) is 0.628. The molecule has 1 aliphatic rings. The summed E-state index contributed by atoms with van der Waals surface area (Å²) in [5.41, 5.74) is 1.60. The van der Waals surface area contributed by atoms with Crippen molar-refractivity contribution < 1.29 is 18.3 Å². The summed E-state index contributed by atoms with van der Waals surface area (Å²) in [6.45, 7) is 3.82. The average molecular weight is 423 g/mol. The highest BCUT2D eigenvalue weighted by Crippen LogP contribution is 2.25. The predicted molar refractivity (Wildman–Crippen MR) is 117 cm³/mol. The van der Waals surface area contributed by atoms with E-state index in [4.69, 9.17) is 9.15 Å². The van der Waals surface area contributed by atoms with Gasteiger partial charge in [0.05, 0.1) is 19.4 Å². The number of piperazine rings is 1. The Labute approximate surface area is 181 Å². The van der Waals surface area contributed by atoms with Gasteiger partial charge in [-0.3, -0.25) is 9.69 Å². The van der Waals surface area contributed by atoms with Crippen molar-refractivity contribution in [2.75, 3.05) is 44.7 Å². The molecule has 2 aromatic carbocycles. The summed E-state index contributed by atoms with van der Waals surface area (Å²) < 4.78 is 24.0. The van der Waals surface area contributed by atoms with Crippen molar-refractivity contribution in [3.05, 3.63) is 84.1 Å². The molecule has 7 heteroatoms. The molecule has 0 radical (unpaired) electrons. The molecule has 1 N–H and O–H groups in total. The molecular weight excluding hydrogens is 397 g/mol. The molecule has 162 valence electrons. The third kappa shape index (κ3) is 5.06. The van der Waals surface area contributed by atoms with Crippen molar-refractivity contribution in [3.8, 4) is 5.75 Å². The van der Waals surface area contributed by atoms with Gasteiger partial charge < -0.3 is 19.4 Å². The monoisotopic (exact) mass is 423 g/mol. The Morgan fingerprint density at radius 2 is 1.77 bits per heavy atom. The van der Waals surface area contributed by atoms with Crippen LogP contribution in [-0.2, 0) is 0 Å². The zero-order valence-corrected chi connectivity index (χ0v) is 17.5. The second kappa shape index (κ2) is 9.66. The summed E-state index contributed by atoms with van der Waals surface area (Å²) in [6, 6.07) is 17.4. The van der Waals surface area contributed by atoms with Crippen molar-refractivity contribution >= 4 is 11.6 Å². The molecule has 1 aliphatic heterocycles. The number of halogens is 1. The number of nitrogens with zero attached hydrogens (tertiary/aromatic N) is 2. The number of hydrogen-bond donors (Lipinski definition) is 1. The molecule has 1 amide bonds. The lowest BCUT2D eigenvalue weighted by Crippen LogP contribution is -2.49. The lowest BCUT2D eigenvalue weighted by Gasteiger charge is -2.39. The Morgan fingerprint density at radius 1 is 1.06 bits per heavy atom. The fourth-order valence-corrected chi connectivity index (χ4v) is 3.87. The molecule has 1 fully saturated rings. The largest absolute Gasteiger partial charge is 0.497 e. The van der Waals surface area contributed by atoms with Crippen LogP contribution in [0.2, 0.25) is 0 Å². The summed E-state index contributed by atoms with van der Waals surface area (Å²) in [5.74, 6) is 1.07. The second-order valence-corrected chi connectivity index (χ2v) is 7.47. The number of methoxy groups -OCH3 is 1. The van der Waals surface area contributed by atoms with Gasteiger partial charge in [-0.1, -0.05) is 0 Å². The molecule has 0 aliphatic carbocycles. The van der Waals surface area contributed by atoms with Gasteiger partial charge in [-0.25, -0.2) is 4.39 Å². The van der Waals surface area contributed by atoms with Crippen molar-refractivity contribution in [1.29, 1.82) is 0 Å². The molecule has 1 saturated heterocycles. The highest BCUT2D eigenvalue weighted by molar-refractivity contribution is 5.94. The van der Waals surface area contributed by atoms with Crippen molar-refractivity contribution in [2.45, 2.75) is 6.04 Å². The van der Waals surface area contributed by atoms with E-state index in [9.17, 15) is 9.18 Å². The molecule has 0 saturated carbocycles. The Bertz CT molecular complexity index is 966. The molecule has 4 rings (SSSR count). The number of nitrogens with one attached hydrogen (secondary N) is 1. The number of ether oxygens (including phenoxy) is 1. The Morgan fingerprint density at radius 3 is 2.39 bits per heavy atom. The molecule has 0 spiro atoms. The molecular formula is C24H26FN3O3. The number of hydrogen-bond acceptors (Lipinski definition) is 5. The molecule has 1 unspecified atom stereocenters. The first-order valence-corrected chi connectivity index (χ1v) is 10.3. The smallest absolute Gasteiger partial charge is 0.251 e. The fraction of sp³-hybridized carbons (Fsp3) is 0.292. The normalized spacial score (nSPS) is 15.5. The van der Waals surface area contributed by atoms with E-state index in [1.54, 1.807) is 13.4 Å². The number of benzene rings is 2. The van der Waals surface area contributed by atoms with Gasteiger partial charge in [-0.2, -0.15) is 0 Å². The van der Waals surface area contributed by atoms with Crippen LogP contribution in [0.1, 0.15) is 22.2 Å². The molecule has 2 heterocycles. The van der Waals surface area contributed by atoms with Crippen molar-refractivity contribution in [3.63, 3.8) is 0 Å². The van der Waals surface area contributed by atoms with E-state index in [0.717, 1.165) is 37.7 Å². The fourth-order valence-electron chi connectivity index (χ4n) is 3.87. The highest BCUT2D eigenvalue weighted by Gasteiger charge is 2.27. The van der Waals surface area contributed by atoms with E-state index in [-0.39, 0.29) is 17.8 Å². The summed E-state index contributed by atoms with van der Waals surface area (Å²) in [7, 11) is 1.66. The molecule has 1 atom stereocenters. The molecule has 31 heavy (non-hydrogen) atoms. The van der Waals surface area contributed by atoms with Gasteiger partial charge >= 0.3 is 0 Å². The van der Waals surface area contributed by atoms with E-state index in [2.05, 4.69) is 27.2 Å². The summed E-state index contributed by atoms with van der Waals surface area (Å²) in [5, 5.41) is 2.97. The van der Waals surface area contributed by atoms with Gasteiger partial charge in [-0.15, -0.1) is 0 Å². The van der Waals surface area contributed by atoms with Crippen LogP contribution in [-0.4, -0.2) is 50.6 Å². The van der Waals surface area contributed by atoms with Gasteiger partial charge in [-0.05, 0) is 60.7 Å². The van der Waals surface area contributed by atoms with E-state index < -0.39 is 0 Å². The van der Waals surface area contributed by atoms with Crippen LogP contribution in [0.3, 0.4) is 0 Å². The van der Waals surface area contributed by atoms with Gasteiger partial charge in [0.15, 0.2) is 0 Å².